The average molecular weight is 449 g/mol. The predicted octanol–water partition coefficient (Wildman–Crippen LogP) is 2.85. The minimum Gasteiger partial charge on any atom is -0.490 e. The second-order valence-electron chi connectivity index (χ2n) is 7.03. The molecule has 0 spiro atoms. The monoisotopic (exact) mass is 448 g/mol. The molecule has 166 valence electrons. The lowest BCUT2D eigenvalue weighted by Gasteiger charge is -2.26. The van der Waals surface area contributed by atoms with Crippen LogP contribution in [0.1, 0.15) is 19.4 Å². The minimum atomic E-state index is -3.98. The molecule has 1 heterocycles. The molecule has 3 rings (SSSR count). The highest BCUT2D eigenvalue weighted by Gasteiger charge is 2.30. The Kier molecular flexibility index (Phi) is 7.21. The smallest absolute Gasteiger partial charge is 0.270 e. The third kappa shape index (κ3) is 5.57. The van der Waals surface area contributed by atoms with E-state index in [2.05, 4.69) is 10.5 Å². The molecule has 1 saturated heterocycles. The summed E-state index contributed by atoms with van der Waals surface area (Å²) in [6, 6.07) is 10.9. The van der Waals surface area contributed by atoms with Crippen LogP contribution < -0.4 is 10.2 Å². The van der Waals surface area contributed by atoms with Crippen molar-refractivity contribution in [3.63, 3.8) is 0 Å². The summed E-state index contributed by atoms with van der Waals surface area (Å²) in [5.41, 5.74) is 3.22. The number of hydrogen-bond acceptors (Lipinski definition) is 8. The molecule has 0 aliphatic carbocycles. The second kappa shape index (κ2) is 9.86. The fourth-order valence-corrected chi connectivity index (χ4v) is 4.55. The van der Waals surface area contributed by atoms with Crippen LogP contribution in [0.5, 0.6) is 5.75 Å². The molecule has 2 aromatic rings. The fourth-order valence-electron chi connectivity index (χ4n) is 2.98. The Morgan fingerprint density at radius 2 is 1.94 bits per heavy atom. The van der Waals surface area contributed by atoms with E-state index < -0.39 is 14.9 Å². The maximum atomic E-state index is 13.1. The van der Waals surface area contributed by atoms with Gasteiger partial charge in [0.15, 0.2) is 0 Å². The fraction of sp³-hybridized carbons (Fsp3) is 0.350. The van der Waals surface area contributed by atoms with Gasteiger partial charge in [-0.25, -0.2) is 8.42 Å². The van der Waals surface area contributed by atoms with Crippen molar-refractivity contribution < 1.29 is 22.8 Å². The zero-order valence-corrected chi connectivity index (χ0v) is 18.0. The molecule has 0 radical (unpaired) electrons. The number of para-hydroxylation sites is 1. The molecule has 0 unspecified atom stereocenters. The summed E-state index contributed by atoms with van der Waals surface area (Å²) in [5, 5.41) is 15.3. The maximum Gasteiger partial charge on any atom is 0.270 e. The SMILES string of the molecule is CC(C)Oc1ccccc1/C=N/Nc1ccc([N+](=O)[O-])cc1S(=O)(=O)N1CCOCC1. The number of nitro groups is 1. The van der Waals surface area contributed by atoms with Gasteiger partial charge in [-0.1, -0.05) is 12.1 Å². The van der Waals surface area contributed by atoms with Gasteiger partial charge < -0.3 is 9.47 Å². The Balaban J connectivity index is 1.91. The molecule has 0 atom stereocenters. The lowest BCUT2D eigenvalue weighted by atomic mass is 10.2. The third-order valence-electron chi connectivity index (χ3n) is 4.43. The van der Waals surface area contributed by atoms with E-state index in [-0.39, 0.29) is 48.7 Å². The molecule has 1 aliphatic heterocycles. The first kappa shape index (κ1) is 22.7. The summed E-state index contributed by atoms with van der Waals surface area (Å²) >= 11 is 0. The highest BCUT2D eigenvalue weighted by atomic mass is 32.2. The first-order valence-electron chi connectivity index (χ1n) is 9.70. The number of rotatable bonds is 8. The molecule has 0 amide bonds. The van der Waals surface area contributed by atoms with Gasteiger partial charge in [0.1, 0.15) is 10.6 Å². The van der Waals surface area contributed by atoms with E-state index in [1.54, 1.807) is 0 Å². The number of hydrazone groups is 1. The van der Waals surface area contributed by atoms with E-state index >= 15 is 0 Å². The molecule has 0 aromatic heterocycles. The lowest BCUT2D eigenvalue weighted by molar-refractivity contribution is -0.385. The second-order valence-corrected chi connectivity index (χ2v) is 8.93. The number of nitrogens with one attached hydrogen (secondary N) is 1. The number of hydrogen-bond donors (Lipinski definition) is 1. The molecule has 1 fully saturated rings. The summed E-state index contributed by atoms with van der Waals surface area (Å²) in [4.78, 5) is 10.4. The normalized spacial score (nSPS) is 15.3. The Hall–Kier alpha value is -3.02. The van der Waals surface area contributed by atoms with Crippen molar-refractivity contribution in [3.8, 4) is 5.75 Å². The molecule has 0 saturated carbocycles. The quantitative estimate of drug-likeness (QED) is 0.374. The van der Waals surface area contributed by atoms with Crippen LogP contribution in [0.2, 0.25) is 0 Å². The first-order valence-corrected chi connectivity index (χ1v) is 11.1. The molecule has 11 heteroatoms. The number of non-ortho nitro benzene ring substituents is 1. The van der Waals surface area contributed by atoms with Crippen molar-refractivity contribution in [2.24, 2.45) is 5.10 Å². The van der Waals surface area contributed by atoms with Crippen LogP contribution in [0.25, 0.3) is 0 Å². The highest BCUT2D eigenvalue weighted by molar-refractivity contribution is 7.89. The van der Waals surface area contributed by atoms with Gasteiger partial charge in [-0.2, -0.15) is 9.41 Å². The molecule has 2 aromatic carbocycles. The summed E-state index contributed by atoms with van der Waals surface area (Å²) in [6.45, 7) is 4.70. The largest absolute Gasteiger partial charge is 0.490 e. The van der Waals surface area contributed by atoms with Gasteiger partial charge in [-0.3, -0.25) is 15.5 Å². The Morgan fingerprint density at radius 3 is 2.61 bits per heavy atom. The molecule has 1 aliphatic rings. The van der Waals surface area contributed by atoms with E-state index in [1.165, 1.54) is 22.7 Å². The third-order valence-corrected chi connectivity index (χ3v) is 6.37. The summed E-state index contributed by atoms with van der Waals surface area (Å²) in [5.74, 6) is 0.632. The number of ether oxygens (including phenoxy) is 2. The number of nitrogens with zero attached hydrogens (tertiary/aromatic N) is 3. The molecule has 31 heavy (non-hydrogen) atoms. The number of nitro benzene ring substituents is 1. The van der Waals surface area contributed by atoms with E-state index in [4.69, 9.17) is 9.47 Å². The van der Waals surface area contributed by atoms with Gasteiger partial charge in [-0.15, -0.1) is 0 Å². The van der Waals surface area contributed by atoms with Gasteiger partial charge >= 0.3 is 0 Å². The van der Waals surface area contributed by atoms with E-state index in [0.29, 0.717) is 11.3 Å². The Labute approximate surface area is 180 Å². The summed E-state index contributed by atoms with van der Waals surface area (Å²) < 4.78 is 38.5. The Morgan fingerprint density at radius 1 is 1.23 bits per heavy atom. The van der Waals surface area contributed by atoms with Crippen LogP contribution in [-0.2, 0) is 14.8 Å². The van der Waals surface area contributed by atoms with Gasteiger partial charge in [0.25, 0.3) is 5.69 Å². The van der Waals surface area contributed by atoms with Gasteiger partial charge in [0.05, 0.1) is 36.1 Å². The van der Waals surface area contributed by atoms with Gasteiger partial charge in [-0.05, 0) is 32.0 Å². The molecule has 0 bridgehead atoms. The van der Waals surface area contributed by atoms with Crippen LogP contribution in [0.3, 0.4) is 0 Å². The first-order chi connectivity index (χ1) is 14.8. The van der Waals surface area contributed by atoms with Crippen LogP contribution in [0.4, 0.5) is 11.4 Å². The van der Waals surface area contributed by atoms with Crippen molar-refractivity contribution in [1.82, 2.24) is 4.31 Å². The highest BCUT2D eigenvalue weighted by Crippen LogP contribution is 2.29. The van der Waals surface area contributed by atoms with E-state index in [1.807, 2.05) is 38.1 Å². The van der Waals surface area contributed by atoms with Crippen LogP contribution in [0, 0.1) is 10.1 Å². The number of sulfonamides is 1. The summed E-state index contributed by atoms with van der Waals surface area (Å²) in [7, 11) is -3.98. The van der Waals surface area contributed by atoms with Crippen LogP contribution in [-0.4, -0.2) is 56.3 Å². The van der Waals surface area contributed by atoms with Crippen molar-refractivity contribution >= 4 is 27.6 Å². The van der Waals surface area contributed by atoms with Crippen molar-refractivity contribution in [2.75, 3.05) is 31.7 Å². The summed E-state index contributed by atoms with van der Waals surface area (Å²) in [6.07, 6.45) is 1.48. The zero-order valence-electron chi connectivity index (χ0n) is 17.2. The topological polar surface area (TPSA) is 123 Å². The van der Waals surface area contributed by atoms with E-state index in [0.717, 1.165) is 6.07 Å². The van der Waals surface area contributed by atoms with Gasteiger partial charge in [0, 0.05) is 30.8 Å². The van der Waals surface area contributed by atoms with Crippen LogP contribution >= 0.6 is 0 Å². The Bertz CT molecular complexity index is 1070. The molecule has 1 N–H and O–H groups in total. The predicted molar refractivity (Wildman–Crippen MR) is 116 cm³/mol. The molecular formula is C20H24N4O6S. The minimum absolute atomic E-state index is 0.0255. The van der Waals surface area contributed by atoms with Crippen molar-refractivity contribution in [2.45, 2.75) is 24.8 Å². The van der Waals surface area contributed by atoms with E-state index in [9.17, 15) is 18.5 Å². The van der Waals surface area contributed by atoms with Crippen LogP contribution in [0.15, 0.2) is 52.5 Å². The maximum absolute atomic E-state index is 13.1. The van der Waals surface area contributed by atoms with Gasteiger partial charge in [0.2, 0.25) is 10.0 Å². The number of benzene rings is 2. The average Bonchev–Trinajstić information content (AvgIpc) is 2.75. The zero-order chi connectivity index (χ0) is 22.4. The molecule has 10 nitrogen and oxygen atoms in total. The standard InChI is InChI=1S/C20H24N4O6S/c1-15(2)30-19-6-4-3-5-16(19)14-21-22-18-8-7-17(24(25)26)13-20(18)31(27,28)23-9-11-29-12-10-23/h3-8,13-15,22H,9-12H2,1-2H3/b21-14+. The molecular weight excluding hydrogens is 424 g/mol. The number of anilines is 1. The number of morpholine rings is 1. The lowest BCUT2D eigenvalue weighted by Crippen LogP contribution is -2.40. The van der Waals surface area contributed by atoms with Crippen molar-refractivity contribution in [3.05, 3.63) is 58.1 Å². The van der Waals surface area contributed by atoms with Crippen molar-refractivity contribution in [1.29, 1.82) is 0 Å².